The molecular weight excluding hydrogens is 366 g/mol. The topological polar surface area (TPSA) is 69.6 Å². The van der Waals surface area contributed by atoms with E-state index >= 15 is 0 Å². The second kappa shape index (κ2) is 6.43. The first-order valence-electron chi connectivity index (χ1n) is 5.44. The molecule has 4 nitrogen and oxygen atoms in total. The number of benzene rings is 1. The number of amides is 1. The molecule has 1 rings (SSSR count). The van der Waals surface area contributed by atoms with Gasteiger partial charge in [0.2, 0.25) is 0 Å². The van der Waals surface area contributed by atoms with Gasteiger partial charge in [0.25, 0.3) is 5.91 Å². The molecule has 0 saturated carbocycles. The van der Waals surface area contributed by atoms with Crippen molar-refractivity contribution in [3.63, 3.8) is 0 Å². The fraction of sp³-hybridized carbons (Fsp3) is 0.417. The summed E-state index contributed by atoms with van der Waals surface area (Å²) in [6.45, 7) is 1.97. The Morgan fingerprint density at radius 3 is 2.39 bits per heavy atom. The van der Waals surface area contributed by atoms with E-state index in [9.17, 15) is 15.0 Å². The van der Waals surface area contributed by atoms with Crippen molar-refractivity contribution in [3.05, 3.63) is 23.8 Å². The molecule has 0 heterocycles. The zero-order chi connectivity index (χ0) is 13.8. The Kier molecular flexibility index (Phi) is 5.47. The van der Waals surface area contributed by atoms with Crippen molar-refractivity contribution < 1.29 is 15.0 Å². The molecule has 0 bridgehead atoms. The molecule has 100 valence electrons. The van der Waals surface area contributed by atoms with Gasteiger partial charge in [0.15, 0.2) is 0 Å². The number of halogens is 2. The predicted octanol–water partition coefficient (Wildman–Crippen LogP) is 2.77. The minimum atomic E-state index is -0.401. The third kappa shape index (κ3) is 3.38. The number of phenolic OH excluding ortho intramolecular Hbond substituents is 2. The Morgan fingerprint density at radius 2 is 1.94 bits per heavy atom. The molecule has 1 amide bonds. The van der Waals surface area contributed by atoms with E-state index in [2.05, 4.69) is 37.2 Å². The van der Waals surface area contributed by atoms with E-state index in [1.165, 1.54) is 12.1 Å². The number of carbonyl (C=O) groups excluding carboxylic acids is 1. The van der Waals surface area contributed by atoms with E-state index in [1.807, 2.05) is 6.92 Å². The highest BCUT2D eigenvalue weighted by molar-refractivity contribution is 9.09. The number of rotatable bonds is 5. The standard InChI is InChI=1S/C12H15Br2NO3/c1-2-12(6-13,7-14)15-11(18)9-4-3-8(16)5-10(9)17/h3-5,16-17H,2,6-7H2,1H3,(H,15,18). The van der Waals surface area contributed by atoms with Crippen LogP contribution in [0.15, 0.2) is 18.2 Å². The van der Waals surface area contributed by atoms with Crippen molar-refractivity contribution in [2.24, 2.45) is 0 Å². The van der Waals surface area contributed by atoms with Crippen molar-refractivity contribution in [3.8, 4) is 11.5 Å². The molecule has 3 N–H and O–H groups in total. The van der Waals surface area contributed by atoms with E-state index in [4.69, 9.17) is 0 Å². The summed E-state index contributed by atoms with van der Waals surface area (Å²) in [4.78, 5) is 12.1. The van der Waals surface area contributed by atoms with Gasteiger partial charge in [0, 0.05) is 16.7 Å². The van der Waals surface area contributed by atoms with Crippen LogP contribution in [0.3, 0.4) is 0 Å². The second-order valence-corrected chi connectivity index (χ2v) is 5.18. The third-order valence-corrected chi connectivity index (χ3v) is 4.94. The number of phenols is 2. The summed E-state index contributed by atoms with van der Waals surface area (Å²) in [6.07, 6.45) is 0.744. The number of alkyl halides is 2. The van der Waals surface area contributed by atoms with Crippen LogP contribution in [-0.4, -0.2) is 32.3 Å². The van der Waals surface area contributed by atoms with Gasteiger partial charge in [-0.05, 0) is 18.6 Å². The first-order valence-corrected chi connectivity index (χ1v) is 7.68. The fourth-order valence-electron chi connectivity index (χ4n) is 1.40. The molecule has 0 fully saturated rings. The van der Waals surface area contributed by atoms with Gasteiger partial charge in [-0.3, -0.25) is 4.79 Å². The van der Waals surface area contributed by atoms with E-state index in [0.717, 1.165) is 12.5 Å². The lowest BCUT2D eigenvalue weighted by Crippen LogP contribution is -2.51. The highest BCUT2D eigenvalue weighted by Gasteiger charge is 2.28. The summed E-state index contributed by atoms with van der Waals surface area (Å²) in [5.74, 6) is -0.679. The predicted molar refractivity (Wildman–Crippen MR) is 77.8 cm³/mol. The van der Waals surface area contributed by atoms with Gasteiger partial charge in [-0.15, -0.1) is 0 Å². The van der Waals surface area contributed by atoms with Gasteiger partial charge in [-0.2, -0.15) is 0 Å². The average molecular weight is 381 g/mol. The minimum absolute atomic E-state index is 0.0770. The Bertz CT molecular complexity index is 425. The van der Waals surface area contributed by atoms with Gasteiger partial charge < -0.3 is 15.5 Å². The molecule has 0 radical (unpaired) electrons. The summed E-state index contributed by atoms with van der Waals surface area (Å²) in [6, 6.07) is 3.90. The Balaban J connectivity index is 2.94. The van der Waals surface area contributed by atoms with E-state index in [1.54, 1.807) is 0 Å². The number of nitrogens with one attached hydrogen (secondary N) is 1. The Hall–Kier alpha value is -0.750. The first-order chi connectivity index (χ1) is 8.48. The van der Waals surface area contributed by atoms with Crippen LogP contribution in [0.4, 0.5) is 0 Å². The van der Waals surface area contributed by atoms with Gasteiger partial charge in [-0.1, -0.05) is 38.8 Å². The maximum atomic E-state index is 12.1. The highest BCUT2D eigenvalue weighted by Crippen LogP contribution is 2.24. The summed E-state index contributed by atoms with van der Waals surface area (Å²) in [7, 11) is 0. The number of hydrogen-bond acceptors (Lipinski definition) is 3. The molecule has 0 atom stereocenters. The van der Waals surface area contributed by atoms with E-state index < -0.39 is 5.54 Å². The molecule has 0 aliphatic rings. The molecule has 1 aromatic carbocycles. The van der Waals surface area contributed by atoms with Gasteiger partial charge in [0.05, 0.1) is 11.1 Å². The van der Waals surface area contributed by atoms with Crippen LogP contribution in [0, 0.1) is 0 Å². The zero-order valence-corrected chi connectivity index (χ0v) is 13.1. The van der Waals surface area contributed by atoms with Crippen molar-refractivity contribution >= 4 is 37.8 Å². The van der Waals surface area contributed by atoms with Crippen LogP contribution in [0.1, 0.15) is 23.7 Å². The highest BCUT2D eigenvalue weighted by atomic mass is 79.9. The van der Waals surface area contributed by atoms with Crippen LogP contribution in [-0.2, 0) is 0 Å². The van der Waals surface area contributed by atoms with Crippen LogP contribution >= 0.6 is 31.9 Å². The smallest absolute Gasteiger partial charge is 0.255 e. The fourth-order valence-corrected chi connectivity index (χ4v) is 3.40. The maximum absolute atomic E-state index is 12.1. The van der Waals surface area contributed by atoms with E-state index in [0.29, 0.717) is 10.7 Å². The SMILES string of the molecule is CCC(CBr)(CBr)NC(=O)c1ccc(O)cc1O. The lowest BCUT2D eigenvalue weighted by atomic mass is 10.0. The molecule has 0 aromatic heterocycles. The molecular formula is C12H15Br2NO3. The van der Waals surface area contributed by atoms with Gasteiger partial charge >= 0.3 is 0 Å². The van der Waals surface area contributed by atoms with Crippen LogP contribution in [0.5, 0.6) is 11.5 Å². The average Bonchev–Trinajstić information content (AvgIpc) is 2.36. The van der Waals surface area contributed by atoms with Crippen LogP contribution in [0.2, 0.25) is 0 Å². The van der Waals surface area contributed by atoms with Crippen molar-refractivity contribution in [2.45, 2.75) is 18.9 Å². The quantitative estimate of drug-likeness (QED) is 0.688. The van der Waals surface area contributed by atoms with Crippen LogP contribution < -0.4 is 5.32 Å². The summed E-state index contributed by atoms with van der Waals surface area (Å²) < 4.78 is 0. The molecule has 0 aliphatic heterocycles. The van der Waals surface area contributed by atoms with Gasteiger partial charge in [-0.25, -0.2) is 0 Å². The molecule has 0 saturated heterocycles. The first kappa shape index (κ1) is 15.3. The van der Waals surface area contributed by atoms with Gasteiger partial charge in [0.1, 0.15) is 11.5 Å². The number of aromatic hydroxyl groups is 2. The normalized spacial score (nSPS) is 11.3. The molecule has 6 heteroatoms. The third-order valence-electron chi connectivity index (χ3n) is 2.79. The van der Waals surface area contributed by atoms with E-state index in [-0.39, 0.29) is 23.0 Å². The number of carbonyl (C=O) groups is 1. The maximum Gasteiger partial charge on any atom is 0.255 e. The van der Waals surface area contributed by atoms with Crippen molar-refractivity contribution in [1.29, 1.82) is 0 Å². The lowest BCUT2D eigenvalue weighted by Gasteiger charge is -2.30. The van der Waals surface area contributed by atoms with Crippen LogP contribution in [0.25, 0.3) is 0 Å². The molecule has 18 heavy (non-hydrogen) atoms. The summed E-state index contributed by atoms with van der Waals surface area (Å²) >= 11 is 6.75. The molecule has 0 spiro atoms. The summed E-state index contributed by atoms with van der Waals surface area (Å²) in [5.41, 5.74) is -0.256. The minimum Gasteiger partial charge on any atom is -0.508 e. The second-order valence-electron chi connectivity index (χ2n) is 4.06. The molecule has 1 aromatic rings. The number of hydrogen-bond donors (Lipinski definition) is 3. The summed E-state index contributed by atoms with van der Waals surface area (Å²) in [5, 5.41) is 22.9. The Morgan fingerprint density at radius 1 is 1.33 bits per heavy atom. The molecule has 0 unspecified atom stereocenters. The lowest BCUT2D eigenvalue weighted by molar-refractivity contribution is 0.0912. The molecule has 0 aliphatic carbocycles. The Labute approximate surface area is 123 Å². The largest absolute Gasteiger partial charge is 0.508 e. The van der Waals surface area contributed by atoms with Crippen molar-refractivity contribution in [1.82, 2.24) is 5.32 Å². The monoisotopic (exact) mass is 379 g/mol. The van der Waals surface area contributed by atoms with Crippen molar-refractivity contribution in [2.75, 3.05) is 10.7 Å². The zero-order valence-electron chi connectivity index (χ0n) is 9.91.